The Labute approximate surface area is 169 Å². The molecule has 1 saturated carbocycles. The largest absolute Gasteiger partial charge is 0.304 e. The van der Waals surface area contributed by atoms with Gasteiger partial charge in [-0.05, 0) is 42.8 Å². The van der Waals surface area contributed by atoms with E-state index in [9.17, 15) is 9.59 Å². The highest BCUT2D eigenvalue weighted by atomic mass is 32.1. The number of rotatable bonds is 4. The number of nitrogens with zero attached hydrogens (tertiary/aromatic N) is 2. The maximum Gasteiger partial charge on any atom is 0.266 e. The Morgan fingerprint density at radius 3 is 2.71 bits per heavy atom. The first-order valence-corrected chi connectivity index (χ1v) is 10.8. The lowest BCUT2D eigenvalue weighted by Gasteiger charge is -2.26. The van der Waals surface area contributed by atoms with E-state index in [1.807, 2.05) is 35.7 Å². The summed E-state index contributed by atoms with van der Waals surface area (Å²) in [6.07, 6.45) is 4.91. The van der Waals surface area contributed by atoms with Gasteiger partial charge in [-0.15, -0.1) is 11.3 Å². The van der Waals surface area contributed by atoms with Gasteiger partial charge in [-0.25, -0.2) is 0 Å². The zero-order chi connectivity index (χ0) is 19.7. The third-order valence-corrected chi connectivity index (χ3v) is 6.71. The van der Waals surface area contributed by atoms with E-state index in [4.69, 9.17) is 10.7 Å². The van der Waals surface area contributed by atoms with Gasteiger partial charge < -0.3 is 10.6 Å². The van der Waals surface area contributed by atoms with Gasteiger partial charge in [-0.1, -0.05) is 37.5 Å². The van der Waals surface area contributed by atoms with Crippen molar-refractivity contribution in [3.8, 4) is 0 Å². The van der Waals surface area contributed by atoms with Crippen molar-refractivity contribution in [2.75, 3.05) is 4.90 Å². The molecule has 2 aliphatic rings. The maximum atomic E-state index is 13.2. The zero-order valence-corrected chi connectivity index (χ0v) is 16.9. The number of carbonyl (C=O) groups is 2. The van der Waals surface area contributed by atoms with Gasteiger partial charge in [0.15, 0.2) is 11.9 Å². The fraction of sp³-hybridized carbons (Fsp3) is 0.409. The number of para-hydroxylation sites is 1. The molecule has 0 saturated heterocycles. The molecule has 1 atom stereocenters. The Kier molecular flexibility index (Phi) is 5.42. The number of anilines is 1. The molecule has 28 heavy (non-hydrogen) atoms. The Balaban J connectivity index is 1.76. The van der Waals surface area contributed by atoms with Crippen molar-refractivity contribution in [2.24, 2.45) is 16.6 Å². The van der Waals surface area contributed by atoms with Crippen LogP contribution in [0.4, 0.5) is 5.69 Å². The normalized spacial score (nSPS) is 20.5. The second-order valence-electron chi connectivity index (χ2n) is 7.57. The van der Waals surface area contributed by atoms with Crippen LogP contribution in [0.25, 0.3) is 0 Å². The molecule has 4 rings (SSSR count). The van der Waals surface area contributed by atoms with Crippen LogP contribution in [-0.4, -0.2) is 23.6 Å². The topological polar surface area (TPSA) is 75.8 Å². The lowest BCUT2D eigenvalue weighted by Crippen LogP contribution is -2.42. The number of thiophene rings is 1. The predicted octanol–water partition coefficient (Wildman–Crippen LogP) is 4.15. The summed E-state index contributed by atoms with van der Waals surface area (Å²) in [6.45, 7) is 1.89. The second kappa shape index (κ2) is 7.97. The molecule has 1 aromatic carbocycles. The number of carbonyl (C=O) groups excluding carboxylic acids is 2. The van der Waals surface area contributed by atoms with Gasteiger partial charge in [-0.2, -0.15) is 0 Å². The molecule has 5 nitrogen and oxygen atoms in total. The highest BCUT2D eigenvalue weighted by Crippen LogP contribution is 2.34. The number of hydrogen-bond donors (Lipinski definition) is 1. The van der Waals surface area contributed by atoms with E-state index >= 15 is 0 Å². The third-order valence-electron chi connectivity index (χ3n) is 5.65. The molecular weight excluding hydrogens is 370 g/mol. The highest BCUT2D eigenvalue weighted by Gasteiger charge is 2.33. The van der Waals surface area contributed by atoms with Gasteiger partial charge in [0.2, 0.25) is 0 Å². The quantitative estimate of drug-likeness (QED) is 0.790. The molecule has 2 N–H and O–H groups in total. The van der Waals surface area contributed by atoms with Crippen molar-refractivity contribution in [1.29, 1.82) is 0 Å². The number of ketones is 1. The standard InChI is InChI=1S/C22H25N3O2S/c1-14(26)20-16(11-12-28-20)13-25-18-10-6-5-9-17(18)19(24-21(23)22(25)27)15-7-3-2-4-8-15/h5-6,9-12,15,21H,2-4,7-8,13,23H2,1H3. The van der Waals surface area contributed by atoms with Crippen molar-refractivity contribution in [2.45, 2.75) is 51.7 Å². The number of benzodiazepines with no additional fused rings is 1. The summed E-state index contributed by atoms with van der Waals surface area (Å²) in [5, 5.41) is 1.89. The first kappa shape index (κ1) is 19.0. The molecule has 1 aliphatic carbocycles. The zero-order valence-electron chi connectivity index (χ0n) is 16.1. The molecule has 1 unspecified atom stereocenters. The van der Waals surface area contributed by atoms with Crippen molar-refractivity contribution in [3.05, 3.63) is 51.7 Å². The smallest absolute Gasteiger partial charge is 0.266 e. The Hall–Kier alpha value is -2.31. The van der Waals surface area contributed by atoms with Crippen LogP contribution in [0, 0.1) is 5.92 Å². The Morgan fingerprint density at radius 1 is 1.21 bits per heavy atom. The number of hydrogen-bond acceptors (Lipinski definition) is 5. The number of nitrogens with two attached hydrogens (primary N) is 1. The van der Waals surface area contributed by atoms with Gasteiger partial charge in [-0.3, -0.25) is 14.6 Å². The summed E-state index contributed by atoms with van der Waals surface area (Å²) in [6, 6.07) is 9.84. The first-order valence-electron chi connectivity index (χ1n) is 9.87. The van der Waals surface area contributed by atoms with E-state index in [0.29, 0.717) is 17.3 Å². The summed E-state index contributed by atoms with van der Waals surface area (Å²) < 4.78 is 0. The van der Waals surface area contributed by atoms with Crippen LogP contribution < -0.4 is 10.6 Å². The van der Waals surface area contributed by atoms with E-state index in [2.05, 4.69) is 0 Å². The van der Waals surface area contributed by atoms with E-state index < -0.39 is 6.17 Å². The van der Waals surface area contributed by atoms with Crippen molar-refractivity contribution in [1.82, 2.24) is 0 Å². The van der Waals surface area contributed by atoms with Crippen LogP contribution >= 0.6 is 11.3 Å². The molecule has 1 amide bonds. The van der Waals surface area contributed by atoms with E-state index in [1.54, 1.807) is 11.8 Å². The Morgan fingerprint density at radius 2 is 1.96 bits per heavy atom. The van der Waals surface area contributed by atoms with Crippen LogP contribution in [0.5, 0.6) is 0 Å². The minimum atomic E-state index is -0.913. The Bertz CT molecular complexity index is 927. The molecule has 1 aliphatic heterocycles. The minimum absolute atomic E-state index is 0.0176. The summed E-state index contributed by atoms with van der Waals surface area (Å²) in [7, 11) is 0. The number of aliphatic imine (C=N–C) groups is 1. The molecule has 6 heteroatoms. The monoisotopic (exact) mass is 395 g/mol. The van der Waals surface area contributed by atoms with Crippen LogP contribution in [0.3, 0.4) is 0 Å². The van der Waals surface area contributed by atoms with Crippen molar-refractivity contribution < 1.29 is 9.59 Å². The second-order valence-corrected chi connectivity index (χ2v) is 8.48. The van der Waals surface area contributed by atoms with Crippen molar-refractivity contribution in [3.63, 3.8) is 0 Å². The average Bonchev–Trinajstić information content (AvgIpc) is 3.15. The van der Waals surface area contributed by atoms with Crippen LogP contribution in [0.15, 0.2) is 40.7 Å². The molecule has 1 aromatic heterocycles. The van der Waals surface area contributed by atoms with Gasteiger partial charge in [0, 0.05) is 17.2 Å². The molecule has 0 radical (unpaired) electrons. The molecule has 0 spiro atoms. The predicted molar refractivity (Wildman–Crippen MR) is 113 cm³/mol. The number of amides is 1. The fourth-order valence-electron chi connectivity index (χ4n) is 4.28. The fourth-order valence-corrected chi connectivity index (χ4v) is 5.10. The summed E-state index contributed by atoms with van der Waals surface area (Å²) in [5.41, 5.74) is 9.89. The van der Waals surface area contributed by atoms with Crippen molar-refractivity contribution >= 4 is 34.4 Å². The third kappa shape index (κ3) is 3.54. The molecule has 0 bridgehead atoms. The minimum Gasteiger partial charge on any atom is -0.304 e. The number of benzene rings is 1. The number of Topliss-reactive ketones (excluding diaryl/α,β-unsaturated/α-hetero) is 1. The number of fused-ring (bicyclic) bond motifs is 1. The van der Waals surface area contributed by atoms with Crippen LogP contribution in [-0.2, 0) is 11.3 Å². The maximum absolute atomic E-state index is 13.2. The lowest BCUT2D eigenvalue weighted by atomic mass is 9.83. The van der Waals surface area contributed by atoms with Crippen LogP contribution in [0.1, 0.15) is 59.8 Å². The lowest BCUT2D eigenvalue weighted by molar-refractivity contribution is -0.119. The van der Waals surface area contributed by atoms with Gasteiger partial charge in [0.1, 0.15) is 0 Å². The van der Waals surface area contributed by atoms with E-state index in [-0.39, 0.29) is 11.7 Å². The molecule has 2 aromatic rings. The highest BCUT2D eigenvalue weighted by molar-refractivity contribution is 7.12. The van der Waals surface area contributed by atoms with E-state index in [0.717, 1.165) is 35.4 Å². The van der Waals surface area contributed by atoms with Crippen LogP contribution in [0.2, 0.25) is 0 Å². The molecule has 1 fully saturated rings. The van der Waals surface area contributed by atoms with Gasteiger partial charge in [0.25, 0.3) is 5.91 Å². The average molecular weight is 396 g/mol. The first-order chi connectivity index (χ1) is 13.6. The molecule has 146 valence electrons. The summed E-state index contributed by atoms with van der Waals surface area (Å²) >= 11 is 1.41. The SMILES string of the molecule is CC(=O)c1sccc1CN1C(=O)C(N)N=C(C2CCCCC2)c2ccccc21. The summed E-state index contributed by atoms with van der Waals surface area (Å²) in [5.74, 6) is 0.144. The molecular formula is C22H25N3O2S. The van der Waals surface area contributed by atoms with Gasteiger partial charge >= 0.3 is 0 Å². The van der Waals surface area contributed by atoms with Gasteiger partial charge in [0.05, 0.1) is 17.1 Å². The van der Waals surface area contributed by atoms with E-state index in [1.165, 1.54) is 30.6 Å². The molecule has 2 heterocycles. The summed E-state index contributed by atoms with van der Waals surface area (Å²) in [4.78, 5) is 32.2.